The monoisotopic (exact) mass is 253 g/mol. The van der Waals surface area contributed by atoms with Gasteiger partial charge in [0.1, 0.15) is 5.15 Å². The zero-order chi connectivity index (χ0) is 12.3. The molecule has 1 aromatic rings. The summed E-state index contributed by atoms with van der Waals surface area (Å²) in [7, 11) is 0. The Morgan fingerprint density at radius 2 is 2.12 bits per heavy atom. The molecule has 17 heavy (non-hydrogen) atoms. The van der Waals surface area contributed by atoms with E-state index in [4.69, 9.17) is 11.6 Å². The fourth-order valence-corrected chi connectivity index (χ4v) is 2.49. The van der Waals surface area contributed by atoms with Crippen LogP contribution in [0, 0.1) is 6.92 Å². The lowest BCUT2D eigenvalue weighted by Gasteiger charge is -2.32. The number of aryl methyl sites for hydroxylation is 1. The predicted octanol–water partition coefficient (Wildman–Crippen LogP) is 2.94. The van der Waals surface area contributed by atoms with Crippen LogP contribution in [0.4, 0.5) is 5.69 Å². The van der Waals surface area contributed by atoms with Crippen molar-refractivity contribution in [3.8, 4) is 0 Å². The van der Waals surface area contributed by atoms with Crippen molar-refractivity contribution < 1.29 is 0 Å². The van der Waals surface area contributed by atoms with Gasteiger partial charge in [-0.05, 0) is 38.4 Å². The van der Waals surface area contributed by atoms with Gasteiger partial charge in [-0.3, -0.25) is 0 Å². The van der Waals surface area contributed by atoms with Gasteiger partial charge in [0.15, 0.2) is 0 Å². The Morgan fingerprint density at radius 1 is 1.41 bits per heavy atom. The number of hydrogen-bond acceptors (Lipinski definition) is 3. The van der Waals surface area contributed by atoms with Crippen molar-refractivity contribution in [2.45, 2.75) is 32.7 Å². The highest BCUT2D eigenvalue weighted by atomic mass is 35.5. The van der Waals surface area contributed by atoms with Crippen LogP contribution in [0.1, 0.15) is 25.5 Å². The van der Waals surface area contributed by atoms with E-state index in [1.807, 2.05) is 19.1 Å². The summed E-state index contributed by atoms with van der Waals surface area (Å²) in [6.45, 7) is 7.76. The molecular formula is C13H20ClN3. The second-order valence-corrected chi connectivity index (χ2v) is 5.01. The van der Waals surface area contributed by atoms with E-state index in [1.165, 1.54) is 25.9 Å². The fraction of sp³-hybridized carbons (Fsp3) is 0.615. The highest BCUT2D eigenvalue weighted by molar-refractivity contribution is 6.29. The van der Waals surface area contributed by atoms with Crippen LogP contribution >= 0.6 is 11.6 Å². The first kappa shape index (κ1) is 12.7. The van der Waals surface area contributed by atoms with Gasteiger partial charge in [-0.15, -0.1) is 0 Å². The number of hydrogen-bond donors (Lipinski definition) is 1. The minimum atomic E-state index is 0.564. The normalized spacial score (nSPS) is 18.3. The number of likely N-dealkylation sites (tertiary alicyclic amines) is 1. The van der Waals surface area contributed by atoms with Crippen molar-refractivity contribution in [1.82, 2.24) is 9.88 Å². The van der Waals surface area contributed by atoms with Crippen molar-refractivity contribution in [2.75, 3.05) is 25.0 Å². The largest absolute Gasteiger partial charge is 0.381 e. The summed E-state index contributed by atoms with van der Waals surface area (Å²) in [4.78, 5) is 6.75. The van der Waals surface area contributed by atoms with Gasteiger partial charge in [0.25, 0.3) is 0 Å². The van der Waals surface area contributed by atoms with Gasteiger partial charge >= 0.3 is 0 Å². The summed E-state index contributed by atoms with van der Waals surface area (Å²) in [6.07, 6.45) is 2.41. The second kappa shape index (κ2) is 5.69. The summed E-state index contributed by atoms with van der Waals surface area (Å²) in [5.41, 5.74) is 2.10. The van der Waals surface area contributed by atoms with Gasteiger partial charge in [-0.25, -0.2) is 4.98 Å². The molecule has 0 saturated carbocycles. The van der Waals surface area contributed by atoms with Crippen LogP contribution in [0.15, 0.2) is 12.1 Å². The molecule has 3 nitrogen and oxygen atoms in total. The van der Waals surface area contributed by atoms with Gasteiger partial charge < -0.3 is 10.2 Å². The number of nitrogens with zero attached hydrogens (tertiary/aromatic N) is 2. The van der Waals surface area contributed by atoms with Gasteiger partial charge in [0, 0.05) is 19.1 Å². The molecule has 1 saturated heterocycles. The van der Waals surface area contributed by atoms with E-state index in [2.05, 4.69) is 22.1 Å². The van der Waals surface area contributed by atoms with Crippen LogP contribution < -0.4 is 5.32 Å². The lowest BCUT2D eigenvalue weighted by molar-refractivity contribution is 0.229. The predicted molar refractivity (Wildman–Crippen MR) is 72.7 cm³/mol. The summed E-state index contributed by atoms with van der Waals surface area (Å²) in [5, 5.41) is 4.14. The molecule has 1 aliphatic heterocycles. The van der Waals surface area contributed by atoms with E-state index in [0.29, 0.717) is 11.2 Å². The van der Waals surface area contributed by atoms with E-state index >= 15 is 0 Å². The number of anilines is 1. The molecule has 1 aliphatic rings. The number of piperidine rings is 1. The SMILES string of the molecule is CCN1CCC(Nc2ccc(Cl)nc2C)CC1. The van der Waals surface area contributed by atoms with Gasteiger partial charge in [-0.1, -0.05) is 18.5 Å². The second-order valence-electron chi connectivity index (χ2n) is 4.62. The molecule has 0 amide bonds. The minimum absolute atomic E-state index is 0.564. The van der Waals surface area contributed by atoms with Crippen LogP contribution in [0.5, 0.6) is 0 Å². The Labute approximate surface area is 108 Å². The highest BCUT2D eigenvalue weighted by Gasteiger charge is 2.18. The first-order chi connectivity index (χ1) is 8.19. The smallest absolute Gasteiger partial charge is 0.129 e. The maximum absolute atomic E-state index is 5.85. The van der Waals surface area contributed by atoms with Crippen molar-refractivity contribution in [3.05, 3.63) is 23.0 Å². The Morgan fingerprint density at radius 3 is 2.71 bits per heavy atom. The minimum Gasteiger partial charge on any atom is -0.381 e. The lowest BCUT2D eigenvalue weighted by Crippen LogP contribution is -2.38. The quantitative estimate of drug-likeness (QED) is 0.840. The maximum Gasteiger partial charge on any atom is 0.129 e. The van der Waals surface area contributed by atoms with Crippen molar-refractivity contribution in [2.24, 2.45) is 0 Å². The third-order valence-electron chi connectivity index (χ3n) is 3.45. The molecule has 0 atom stereocenters. The van der Waals surface area contributed by atoms with E-state index in [9.17, 15) is 0 Å². The highest BCUT2D eigenvalue weighted by Crippen LogP contribution is 2.20. The Bertz CT molecular complexity index is 373. The molecule has 0 bridgehead atoms. The molecule has 2 rings (SSSR count). The average molecular weight is 254 g/mol. The van der Waals surface area contributed by atoms with E-state index in [1.54, 1.807) is 0 Å². The van der Waals surface area contributed by atoms with E-state index in [0.717, 1.165) is 17.9 Å². The molecular weight excluding hydrogens is 234 g/mol. The fourth-order valence-electron chi connectivity index (χ4n) is 2.30. The molecule has 1 fully saturated rings. The summed E-state index contributed by atoms with van der Waals surface area (Å²) in [5.74, 6) is 0. The summed E-state index contributed by atoms with van der Waals surface area (Å²) in [6, 6.07) is 4.44. The molecule has 4 heteroatoms. The maximum atomic E-state index is 5.85. The first-order valence-corrected chi connectivity index (χ1v) is 6.69. The average Bonchev–Trinajstić information content (AvgIpc) is 2.34. The standard InChI is InChI=1S/C13H20ClN3/c1-3-17-8-6-11(7-9-17)16-12-4-5-13(14)15-10(12)2/h4-5,11,16H,3,6-9H2,1-2H3. The zero-order valence-electron chi connectivity index (χ0n) is 10.5. The molecule has 0 aliphatic carbocycles. The summed E-state index contributed by atoms with van der Waals surface area (Å²) >= 11 is 5.85. The van der Waals surface area contributed by atoms with Gasteiger partial charge in [0.2, 0.25) is 0 Å². The van der Waals surface area contributed by atoms with Crippen molar-refractivity contribution in [3.63, 3.8) is 0 Å². The number of halogens is 1. The number of nitrogens with one attached hydrogen (secondary N) is 1. The summed E-state index contributed by atoms with van der Waals surface area (Å²) < 4.78 is 0. The third kappa shape index (κ3) is 3.33. The van der Waals surface area contributed by atoms with Crippen molar-refractivity contribution in [1.29, 1.82) is 0 Å². The Hall–Kier alpha value is -0.800. The molecule has 0 spiro atoms. The Balaban J connectivity index is 1.93. The molecule has 0 unspecified atom stereocenters. The van der Waals surface area contributed by atoms with Crippen LogP contribution in [-0.4, -0.2) is 35.6 Å². The van der Waals surface area contributed by atoms with Gasteiger partial charge in [-0.2, -0.15) is 0 Å². The number of rotatable bonds is 3. The zero-order valence-corrected chi connectivity index (χ0v) is 11.3. The Kier molecular flexibility index (Phi) is 4.24. The number of pyridine rings is 1. The van der Waals surface area contributed by atoms with E-state index < -0.39 is 0 Å². The van der Waals surface area contributed by atoms with Crippen LogP contribution in [0.3, 0.4) is 0 Å². The van der Waals surface area contributed by atoms with Crippen molar-refractivity contribution >= 4 is 17.3 Å². The third-order valence-corrected chi connectivity index (χ3v) is 3.66. The molecule has 94 valence electrons. The lowest BCUT2D eigenvalue weighted by atomic mass is 10.0. The number of aromatic nitrogens is 1. The molecule has 2 heterocycles. The molecule has 0 aromatic carbocycles. The first-order valence-electron chi connectivity index (χ1n) is 6.31. The molecule has 0 radical (unpaired) electrons. The van der Waals surface area contributed by atoms with Crippen LogP contribution in [-0.2, 0) is 0 Å². The van der Waals surface area contributed by atoms with Gasteiger partial charge in [0.05, 0.1) is 11.4 Å². The van der Waals surface area contributed by atoms with Crippen LogP contribution in [0.25, 0.3) is 0 Å². The molecule has 1 N–H and O–H groups in total. The topological polar surface area (TPSA) is 28.2 Å². The molecule has 1 aromatic heterocycles. The van der Waals surface area contributed by atoms with E-state index in [-0.39, 0.29) is 0 Å². The van der Waals surface area contributed by atoms with Crippen LogP contribution in [0.2, 0.25) is 5.15 Å².